The van der Waals surface area contributed by atoms with Crippen molar-refractivity contribution in [3.8, 4) is 23.0 Å². The van der Waals surface area contributed by atoms with E-state index in [-0.39, 0.29) is 24.0 Å². The molecule has 0 heterocycles. The number of guanidine groups is 1. The van der Waals surface area contributed by atoms with Gasteiger partial charge in [-0.25, -0.2) is 0 Å². The first kappa shape index (κ1) is 26.0. The van der Waals surface area contributed by atoms with E-state index in [2.05, 4.69) is 10.3 Å². The first-order valence-electron chi connectivity index (χ1n) is 9.12. The third kappa shape index (κ3) is 7.02. The number of ether oxygens (including phenoxy) is 4. The summed E-state index contributed by atoms with van der Waals surface area (Å²) in [4.78, 5) is 6.32. The normalized spacial score (nSPS) is 10.7. The molecule has 1 N–H and O–H groups in total. The highest BCUT2D eigenvalue weighted by Gasteiger charge is 2.16. The largest absolute Gasteiger partial charge is 0.493 e. The molecule has 0 spiro atoms. The van der Waals surface area contributed by atoms with Gasteiger partial charge in [-0.1, -0.05) is 11.6 Å². The summed E-state index contributed by atoms with van der Waals surface area (Å²) in [5.74, 6) is 3.33. The summed E-state index contributed by atoms with van der Waals surface area (Å²) in [5.41, 5.74) is 0.928. The molecule has 0 amide bonds. The van der Waals surface area contributed by atoms with Crippen LogP contribution in [0.5, 0.6) is 23.0 Å². The van der Waals surface area contributed by atoms with E-state index in [9.17, 15) is 0 Å². The molecule has 2 rings (SSSR count). The van der Waals surface area contributed by atoms with E-state index in [1.165, 1.54) is 0 Å². The van der Waals surface area contributed by atoms with Crippen LogP contribution in [-0.2, 0) is 6.54 Å². The van der Waals surface area contributed by atoms with Crippen LogP contribution < -0.4 is 24.3 Å². The maximum atomic E-state index is 5.89. The molecular weight excluding hydrogens is 521 g/mol. The molecule has 2 aromatic rings. The number of rotatable bonds is 9. The fraction of sp³-hybridized carbons (Fsp3) is 0.381. The van der Waals surface area contributed by atoms with Crippen molar-refractivity contribution in [2.24, 2.45) is 4.99 Å². The lowest BCUT2D eigenvalue weighted by molar-refractivity contribution is 0.281. The van der Waals surface area contributed by atoms with Crippen LogP contribution in [0.4, 0.5) is 0 Å². The van der Waals surface area contributed by atoms with Crippen molar-refractivity contribution < 1.29 is 18.9 Å². The minimum atomic E-state index is 0. The van der Waals surface area contributed by atoms with Crippen LogP contribution in [0.2, 0.25) is 5.02 Å². The fourth-order valence-corrected chi connectivity index (χ4v) is 2.92. The number of nitrogens with zero attached hydrogens (tertiary/aromatic N) is 2. The van der Waals surface area contributed by atoms with Crippen LogP contribution in [0.15, 0.2) is 41.4 Å². The molecule has 0 atom stereocenters. The maximum Gasteiger partial charge on any atom is 0.203 e. The van der Waals surface area contributed by atoms with Crippen molar-refractivity contribution in [1.29, 1.82) is 0 Å². The molecule has 0 fully saturated rings. The fourth-order valence-electron chi connectivity index (χ4n) is 2.80. The third-order valence-corrected chi connectivity index (χ3v) is 4.56. The van der Waals surface area contributed by atoms with Gasteiger partial charge in [0.2, 0.25) is 5.75 Å². The van der Waals surface area contributed by atoms with Gasteiger partial charge in [0.25, 0.3) is 0 Å². The van der Waals surface area contributed by atoms with Crippen LogP contribution in [0.1, 0.15) is 5.56 Å². The van der Waals surface area contributed by atoms with Gasteiger partial charge in [0, 0.05) is 31.2 Å². The van der Waals surface area contributed by atoms with Gasteiger partial charge in [0.15, 0.2) is 17.5 Å². The van der Waals surface area contributed by atoms with Crippen LogP contribution >= 0.6 is 35.6 Å². The molecule has 0 radical (unpaired) electrons. The Labute approximate surface area is 200 Å². The predicted molar refractivity (Wildman–Crippen MR) is 131 cm³/mol. The zero-order chi connectivity index (χ0) is 21.2. The van der Waals surface area contributed by atoms with Crippen LogP contribution in [-0.4, -0.2) is 59.4 Å². The first-order valence-corrected chi connectivity index (χ1v) is 9.49. The van der Waals surface area contributed by atoms with E-state index >= 15 is 0 Å². The van der Waals surface area contributed by atoms with E-state index in [1.54, 1.807) is 40.5 Å². The Kier molecular flexibility index (Phi) is 11.5. The Morgan fingerprint density at radius 3 is 2.23 bits per heavy atom. The monoisotopic (exact) mass is 549 g/mol. The lowest BCUT2D eigenvalue weighted by Crippen LogP contribution is -2.40. The molecule has 0 aromatic heterocycles. The highest BCUT2D eigenvalue weighted by atomic mass is 127. The van der Waals surface area contributed by atoms with Crippen molar-refractivity contribution in [3.05, 3.63) is 47.0 Å². The van der Waals surface area contributed by atoms with E-state index in [4.69, 9.17) is 30.5 Å². The minimum Gasteiger partial charge on any atom is -0.493 e. The summed E-state index contributed by atoms with van der Waals surface area (Å²) in [6.07, 6.45) is 0. The summed E-state index contributed by atoms with van der Waals surface area (Å²) in [6, 6.07) is 11.1. The van der Waals surface area contributed by atoms with Gasteiger partial charge in [0.1, 0.15) is 12.4 Å². The summed E-state index contributed by atoms with van der Waals surface area (Å²) < 4.78 is 22.0. The maximum absolute atomic E-state index is 5.89. The second-order valence-corrected chi connectivity index (χ2v) is 6.55. The van der Waals surface area contributed by atoms with Crippen molar-refractivity contribution in [2.75, 3.05) is 48.6 Å². The number of likely N-dealkylation sites (N-methyl/N-ethyl adjacent to an activating group) is 1. The smallest absolute Gasteiger partial charge is 0.203 e. The summed E-state index contributed by atoms with van der Waals surface area (Å²) in [6.45, 7) is 1.68. The molecule has 0 saturated heterocycles. The number of nitrogens with one attached hydrogen (secondary N) is 1. The van der Waals surface area contributed by atoms with E-state index in [1.807, 2.05) is 36.2 Å². The van der Waals surface area contributed by atoms with Gasteiger partial charge in [-0.3, -0.25) is 4.99 Å². The molecule has 0 saturated carbocycles. The highest BCUT2D eigenvalue weighted by molar-refractivity contribution is 14.0. The SMILES string of the molecule is CN=C(NCc1ccc(OC)c(OC)c1OC)N(C)CCOc1ccc(Cl)cc1.I. The number of halogens is 2. The van der Waals surface area contributed by atoms with Gasteiger partial charge >= 0.3 is 0 Å². The molecule has 0 bridgehead atoms. The lowest BCUT2D eigenvalue weighted by atomic mass is 10.1. The summed E-state index contributed by atoms with van der Waals surface area (Å²) in [7, 11) is 8.48. The van der Waals surface area contributed by atoms with E-state index in [0.717, 1.165) is 17.3 Å². The molecule has 2 aromatic carbocycles. The Morgan fingerprint density at radius 1 is 1.00 bits per heavy atom. The van der Waals surface area contributed by atoms with Crippen molar-refractivity contribution in [2.45, 2.75) is 6.54 Å². The zero-order valence-corrected chi connectivity index (χ0v) is 21.0. The van der Waals surface area contributed by atoms with Gasteiger partial charge in [-0.2, -0.15) is 0 Å². The average molecular weight is 550 g/mol. The predicted octanol–water partition coefficient (Wildman–Crippen LogP) is 4.07. The van der Waals surface area contributed by atoms with Crippen molar-refractivity contribution >= 4 is 41.5 Å². The van der Waals surface area contributed by atoms with E-state index in [0.29, 0.717) is 42.0 Å². The Morgan fingerprint density at radius 2 is 1.67 bits per heavy atom. The van der Waals surface area contributed by atoms with Crippen molar-refractivity contribution in [1.82, 2.24) is 10.2 Å². The molecule has 0 unspecified atom stereocenters. The molecule has 166 valence electrons. The Hall–Kier alpha value is -2.07. The zero-order valence-electron chi connectivity index (χ0n) is 17.9. The molecular formula is C21H29ClIN3O4. The molecule has 9 heteroatoms. The van der Waals surface area contributed by atoms with Crippen LogP contribution in [0, 0.1) is 0 Å². The summed E-state index contributed by atoms with van der Waals surface area (Å²) >= 11 is 5.89. The molecule has 0 aliphatic rings. The second-order valence-electron chi connectivity index (χ2n) is 6.12. The summed E-state index contributed by atoms with van der Waals surface area (Å²) in [5, 5.41) is 4.02. The Balaban J connectivity index is 0.00000450. The molecule has 30 heavy (non-hydrogen) atoms. The molecule has 7 nitrogen and oxygen atoms in total. The molecule has 0 aliphatic heterocycles. The third-order valence-electron chi connectivity index (χ3n) is 4.31. The Bertz CT molecular complexity index is 819. The number of benzene rings is 2. The average Bonchev–Trinajstić information content (AvgIpc) is 2.74. The van der Waals surface area contributed by atoms with Crippen LogP contribution in [0.3, 0.4) is 0 Å². The number of hydrogen-bond acceptors (Lipinski definition) is 5. The quantitative estimate of drug-likeness (QED) is 0.289. The van der Waals surface area contributed by atoms with Gasteiger partial charge in [-0.15, -0.1) is 24.0 Å². The standard InChI is InChI=1S/C21H28ClN3O4.HI/c1-23-21(25(2)12-13-29-17-9-7-16(22)8-10-17)24-14-15-6-11-18(26-3)20(28-5)19(15)27-4;/h6-11H,12-14H2,1-5H3,(H,23,24);1H. The van der Waals surface area contributed by atoms with Gasteiger partial charge in [0.05, 0.1) is 27.9 Å². The number of hydrogen-bond donors (Lipinski definition) is 1. The number of aliphatic imine (C=N–C) groups is 1. The number of methoxy groups -OCH3 is 3. The minimum absolute atomic E-state index is 0. The topological polar surface area (TPSA) is 64.6 Å². The van der Waals surface area contributed by atoms with Gasteiger partial charge < -0.3 is 29.2 Å². The lowest BCUT2D eigenvalue weighted by Gasteiger charge is -2.23. The highest BCUT2D eigenvalue weighted by Crippen LogP contribution is 2.39. The van der Waals surface area contributed by atoms with E-state index < -0.39 is 0 Å². The van der Waals surface area contributed by atoms with Gasteiger partial charge in [-0.05, 0) is 36.4 Å². The second kappa shape index (κ2) is 13.3. The molecule has 0 aliphatic carbocycles. The van der Waals surface area contributed by atoms with Crippen LogP contribution in [0.25, 0.3) is 0 Å². The van der Waals surface area contributed by atoms with Crippen molar-refractivity contribution in [3.63, 3.8) is 0 Å². The first-order chi connectivity index (χ1) is 14.0.